The van der Waals surface area contributed by atoms with E-state index in [4.69, 9.17) is 19.9 Å². The maximum atomic E-state index is 13.5. The van der Waals surface area contributed by atoms with Gasteiger partial charge in [0.15, 0.2) is 0 Å². The Bertz CT molecular complexity index is 1070. The van der Waals surface area contributed by atoms with Gasteiger partial charge < -0.3 is 45.1 Å². The number of quaternary nitrogens is 1. The molecule has 256 valence electrons. The zero-order chi connectivity index (χ0) is 32.5. The van der Waals surface area contributed by atoms with Crippen molar-refractivity contribution in [3.05, 3.63) is 11.6 Å². The number of ketones is 1. The van der Waals surface area contributed by atoms with Crippen molar-refractivity contribution in [1.82, 2.24) is 0 Å². The molecule has 2 saturated carbocycles. The lowest BCUT2D eigenvalue weighted by Gasteiger charge is -2.60. The Kier molecular flexibility index (Phi) is 11.4. The second kappa shape index (κ2) is 14.7. The van der Waals surface area contributed by atoms with E-state index in [-0.39, 0.29) is 61.3 Å². The average molecular weight is 640 g/mol. The smallest absolute Gasteiger partial charge is 0.336 e. The Labute approximate surface area is 265 Å². The summed E-state index contributed by atoms with van der Waals surface area (Å²) in [6.07, 6.45) is 2.40. The van der Waals surface area contributed by atoms with Gasteiger partial charge in [0.2, 0.25) is 0 Å². The topological polar surface area (TPSA) is 206 Å². The first-order chi connectivity index (χ1) is 21.5. The van der Waals surface area contributed by atoms with Crippen LogP contribution in [0, 0.1) is 35.5 Å². The zero-order valence-corrected chi connectivity index (χ0v) is 26.7. The Hall–Kier alpha value is -1.48. The van der Waals surface area contributed by atoms with Crippen LogP contribution in [-0.4, -0.2) is 112 Å². The fourth-order valence-electron chi connectivity index (χ4n) is 9.17. The first-order valence-electron chi connectivity index (χ1n) is 17.0. The highest BCUT2D eigenvalue weighted by Crippen LogP contribution is 2.54. The van der Waals surface area contributed by atoms with Crippen molar-refractivity contribution in [1.29, 1.82) is 0 Å². The van der Waals surface area contributed by atoms with E-state index in [1.165, 1.54) is 6.08 Å². The Morgan fingerprint density at radius 1 is 1.16 bits per heavy atom. The van der Waals surface area contributed by atoms with Crippen molar-refractivity contribution < 1.29 is 54.6 Å². The number of Topliss-reactive ketones (excluding diaryl/α,β-unsaturated/α-hetero) is 1. The molecule has 0 aromatic heterocycles. The number of carbonyl (C=O) groups is 2. The summed E-state index contributed by atoms with van der Waals surface area (Å²) in [6.45, 7) is 3.28. The van der Waals surface area contributed by atoms with Crippen molar-refractivity contribution in [2.75, 3.05) is 26.4 Å². The predicted octanol–water partition coefficient (Wildman–Crippen LogP) is -0.866. The van der Waals surface area contributed by atoms with Crippen LogP contribution in [0.5, 0.6) is 0 Å². The molecule has 45 heavy (non-hydrogen) atoms. The second-order valence-electron chi connectivity index (χ2n) is 14.5. The van der Waals surface area contributed by atoms with Crippen molar-refractivity contribution in [3.8, 4) is 0 Å². The van der Waals surface area contributed by atoms with Crippen LogP contribution in [0.3, 0.4) is 0 Å². The minimum Gasteiger partial charge on any atom is -0.456 e. The van der Waals surface area contributed by atoms with E-state index in [1.807, 2.05) is 6.92 Å². The molecule has 3 aliphatic heterocycles. The van der Waals surface area contributed by atoms with E-state index in [0.29, 0.717) is 19.3 Å². The van der Waals surface area contributed by atoms with Crippen LogP contribution in [0.15, 0.2) is 11.6 Å². The average Bonchev–Trinajstić information content (AvgIpc) is 3.02. The Morgan fingerprint density at radius 3 is 2.56 bits per heavy atom. The van der Waals surface area contributed by atoms with E-state index in [0.717, 1.165) is 32.2 Å². The van der Waals surface area contributed by atoms with Crippen LogP contribution in [0.1, 0.15) is 71.6 Å². The molecule has 5 aliphatic rings. The third kappa shape index (κ3) is 7.05. The molecule has 5 fully saturated rings. The van der Waals surface area contributed by atoms with Gasteiger partial charge in [0.1, 0.15) is 23.7 Å². The van der Waals surface area contributed by atoms with Crippen LogP contribution < -0.4 is 11.1 Å². The lowest BCUT2D eigenvalue weighted by Crippen LogP contribution is -2.95. The summed E-state index contributed by atoms with van der Waals surface area (Å²) in [5.41, 5.74) is 5.04. The summed E-state index contributed by atoms with van der Waals surface area (Å²) >= 11 is 0. The molecule has 0 bridgehead atoms. The maximum absolute atomic E-state index is 13.5. The number of aliphatic hydroxyl groups excluding tert-OH is 5. The number of esters is 1. The molecular formula is C33H55N2O10+. The first kappa shape index (κ1) is 34.8. The Balaban J connectivity index is 1.53. The number of rotatable bonds is 9. The van der Waals surface area contributed by atoms with Crippen LogP contribution >= 0.6 is 0 Å². The standard InChI is InChI=1S/C33H54N2O10/c1-3-18(14-36)32(42)44-25-12-23-29(41)28-24(40)11-22(16-38)43-31(28)27(19-5-4-6-21(39)10-19)30(23)45-33(25,2)20(15-37)9-17-7-8-26(34)35-13-17/h3,17,19-23,25-31,35-39,41H,4-16,34H2,1-2H3/p+1/t17?,19?,20-,21?,22?,23?,25-,26?,27?,28?,29?,30?,31?,33-/m0/s1. The zero-order valence-electron chi connectivity index (χ0n) is 26.7. The molecule has 0 radical (unpaired) electrons. The molecule has 12 nitrogen and oxygen atoms in total. The van der Waals surface area contributed by atoms with Gasteiger partial charge in [0.05, 0.1) is 61.8 Å². The Morgan fingerprint density at radius 2 is 1.93 bits per heavy atom. The fourth-order valence-corrected chi connectivity index (χ4v) is 9.17. The largest absolute Gasteiger partial charge is 0.456 e. The third-order valence-corrected chi connectivity index (χ3v) is 11.8. The van der Waals surface area contributed by atoms with Gasteiger partial charge in [-0.1, -0.05) is 12.5 Å². The highest BCUT2D eigenvalue weighted by molar-refractivity contribution is 5.88. The number of fused-ring (bicyclic) bond motifs is 2. The lowest BCUT2D eigenvalue weighted by molar-refractivity contribution is -0.703. The number of piperidine rings is 1. The van der Waals surface area contributed by atoms with E-state index in [1.54, 1.807) is 6.92 Å². The van der Waals surface area contributed by atoms with Crippen molar-refractivity contribution in [2.24, 2.45) is 41.2 Å². The van der Waals surface area contributed by atoms with E-state index in [9.17, 15) is 35.1 Å². The summed E-state index contributed by atoms with van der Waals surface area (Å²) < 4.78 is 19.6. The van der Waals surface area contributed by atoms with Gasteiger partial charge in [-0.25, -0.2) is 4.79 Å². The van der Waals surface area contributed by atoms with Crippen molar-refractivity contribution >= 4 is 11.8 Å². The minimum atomic E-state index is -1.17. The van der Waals surface area contributed by atoms with E-state index in [2.05, 4.69) is 5.32 Å². The molecule has 0 aromatic carbocycles. The molecule has 0 amide bonds. The first-order valence-corrected chi connectivity index (χ1v) is 17.0. The predicted molar refractivity (Wildman–Crippen MR) is 161 cm³/mol. The highest BCUT2D eigenvalue weighted by atomic mass is 16.6. The van der Waals surface area contributed by atoms with Gasteiger partial charge in [-0.3, -0.25) is 10.5 Å². The molecule has 3 heterocycles. The van der Waals surface area contributed by atoms with Crippen LogP contribution in [0.4, 0.5) is 0 Å². The summed E-state index contributed by atoms with van der Waals surface area (Å²) in [7, 11) is 0. The van der Waals surface area contributed by atoms with Gasteiger partial charge in [0.25, 0.3) is 0 Å². The molecular weight excluding hydrogens is 584 g/mol. The summed E-state index contributed by atoms with van der Waals surface area (Å²) in [6, 6.07) is 0. The fraction of sp³-hybridized carbons (Fsp3) is 0.879. The van der Waals surface area contributed by atoms with Gasteiger partial charge >= 0.3 is 5.97 Å². The molecule has 0 aromatic rings. The van der Waals surface area contributed by atoms with E-state index >= 15 is 0 Å². The van der Waals surface area contributed by atoms with Crippen LogP contribution in [-0.2, 0) is 23.8 Å². The van der Waals surface area contributed by atoms with Gasteiger partial charge in [-0.2, -0.15) is 0 Å². The van der Waals surface area contributed by atoms with Crippen molar-refractivity contribution in [2.45, 2.75) is 120 Å². The molecule has 2 aliphatic carbocycles. The monoisotopic (exact) mass is 639 g/mol. The summed E-state index contributed by atoms with van der Waals surface area (Å²) in [5.74, 6) is -2.86. The number of hydrogen-bond donors (Lipinski definition) is 7. The van der Waals surface area contributed by atoms with Gasteiger partial charge in [-0.15, -0.1) is 0 Å². The normalized spacial score (nSPS) is 44.9. The molecule has 5 rings (SSSR count). The third-order valence-electron chi connectivity index (χ3n) is 11.8. The molecule has 11 unspecified atom stereocenters. The SMILES string of the molecule is CC=C(CO)C(=O)O[C@H]1CC2C(O)C3C(=O)CC(CO)OC3C(C3CCCC(O)C3)C2O[C@@]1(C)[C@H](CO)CC1CCC(N)[NH2+]C1. The second-order valence-corrected chi connectivity index (χ2v) is 14.5. The number of hydrogen-bond acceptors (Lipinski definition) is 11. The van der Waals surface area contributed by atoms with Gasteiger partial charge in [-0.05, 0) is 58.3 Å². The number of carbonyl (C=O) groups excluding carboxylic acids is 2. The molecule has 3 saturated heterocycles. The van der Waals surface area contributed by atoms with Crippen LogP contribution in [0.25, 0.3) is 0 Å². The molecule has 14 atom stereocenters. The van der Waals surface area contributed by atoms with Gasteiger partial charge in [0, 0.05) is 43.1 Å². The molecule has 9 N–H and O–H groups in total. The number of allylic oxidation sites excluding steroid dienone is 1. The molecule has 12 heteroatoms. The summed E-state index contributed by atoms with van der Waals surface area (Å²) in [5, 5.41) is 55.3. The quantitative estimate of drug-likeness (QED) is 0.122. The maximum Gasteiger partial charge on any atom is 0.336 e. The summed E-state index contributed by atoms with van der Waals surface area (Å²) in [4.78, 5) is 26.8. The number of nitrogens with two attached hydrogens (primary N) is 2. The van der Waals surface area contributed by atoms with Crippen LogP contribution in [0.2, 0.25) is 0 Å². The molecule has 0 spiro atoms. The number of aliphatic hydroxyl groups is 5. The number of ether oxygens (including phenoxy) is 3. The highest BCUT2D eigenvalue weighted by Gasteiger charge is 2.64. The van der Waals surface area contributed by atoms with Crippen molar-refractivity contribution in [3.63, 3.8) is 0 Å². The lowest BCUT2D eigenvalue weighted by atomic mass is 9.57. The van der Waals surface area contributed by atoms with E-state index < -0.39 is 72.6 Å². The minimum absolute atomic E-state index is 0.00107.